The molecule has 0 aromatic heterocycles. The number of aliphatic hydroxyl groups is 1. The van der Waals surface area contributed by atoms with E-state index in [1.54, 1.807) is 6.92 Å². The fraction of sp³-hybridized carbons (Fsp3) is 0.294. The lowest BCUT2D eigenvalue weighted by Crippen LogP contribution is -2.13. The van der Waals surface area contributed by atoms with Crippen molar-refractivity contribution in [1.82, 2.24) is 0 Å². The quantitative estimate of drug-likeness (QED) is 0.932. The number of hydrogen-bond acceptors (Lipinski definition) is 2. The van der Waals surface area contributed by atoms with Crippen LogP contribution in [0.15, 0.2) is 58.3 Å². The maximum Gasteiger partial charge on any atom is 0.0852 e. The highest BCUT2D eigenvalue weighted by atomic mass is 32.2. The minimum Gasteiger partial charge on any atom is -0.393 e. The molecule has 0 spiro atoms. The Hall–Kier alpha value is -1.45. The van der Waals surface area contributed by atoms with E-state index in [-0.39, 0.29) is 5.92 Å². The molecule has 3 atom stereocenters. The van der Waals surface area contributed by atoms with Gasteiger partial charge in [0.2, 0.25) is 0 Å². The Morgan fingerprint density at radius 2 is 1.60 bits per heavy atom. The van der Waals surface area contributed by atoms with Crippen molar-refractivity contribution in [3.05, 3.63) is 59.7 Å². The van der Waals surface area contributed by atoms with Crippen LogP contribution in [0.5, 0.6) is 0 Å². The topological polar surface area (TPSA) is 37.3 Å². The molecule has 0 radical (unpaired) electrons. The molecule has 0 unspecified atom stereocenters. The number of aryl methyl sites for hydroxylation is 1. The molecule has 106 valence electrons. The van der Waals surface area contributed by atoms with Crippen LogP contribution in [0.1, 0.15) is 30.9 Å². The van der Waals surface area contributed by atoms with Crippen molar-refractivity contribution in [2.45, 2.75) is 42.6 Å². The van der Waals surface area contributed by atoms with E-state index in [4.69, 9.17) is 0 Å². The van der Waals surface area contributed by atoms with Crippen molar-refractivity contribution in [3.63, 3.8) is 0 Å². The zero-order chi connectivity index (χ0) is 14.7. The van der Waals surface area contributed by atoms with Crippen LogP contribution in [0.2, 0.25) is 0 Å². The summed E-state index contributed by atoms with van der Waals surface area (Å²) < 4.78 is 12.7. The third kappa shape index (κ3) is 3.17. The van der Waals surface area contributed by atoms with Gasteiger partial charge in [0.15, 0.2) is 0 Å². The normalized spacial score (nSPS) is 15.6. The van der Waals surface area contributed by atoms with Gasteiger partial charge in [-0.25, -0.2) is 4.21 Å². The molecule has 0 aliphatic heterocycles. The summed E-state index contributed by atoms with van der Waals surface area (Å²) in [5, 5.41) is 9.79. The Kier molecular flexibility index (Phi) is 4.73. The summed E-state index contributed by atoms with van der Waals surface area (Å²) in [6, 6.07) is 15.4. The fourth-order valence-corrected chi connectivity index (χ4v) is 3.38. The summed E-state index contributed by atoms with van der Waals surface area (Å²) in [6.45, 7) is 5.72. The Bertz CT molecular complexity index is 603. The minimum atomic E-state index is -1.21. The molecular formula is C17H20O2S. The first-order valence-electron chi connectivity index (χ1n) is 6.76. The summed E-state index contributed by atoms with van der Waals surface area (Å²) in [5.74, 6) is -0.0411. The predicted octanol–water partition coefficient (Wildman–Crippen LogP) is 3.65. The van der Waals surface area contributed by atoms with Crippen LogP contribution in [0, 0.1) is 6.92 Å². The Labute approximate surface area is 122 Å². The summed E-state index contributed by atoms with van der Waals surface area (Å²) in [5.41, 5.74) is 2.10. The summed E-state index contributed by atoms with van der Waals surface area (Å²) in [6.07, 6.45) is -0.467. The van der Waals surface area contributed by atoms with Crippen molar-refractivity contribution in [3.8, 4) is 0 Å². The molecular weight excluding hydrogens is 268 g/mol. The van der Waals surface area contributed by atoms with E-state index in [0.717, 1.165) is 20.9 Å². The third-order valence-corrected chi connectivity index (χ3v) is 5.04. The molecule has 0 saturated heterocycles. The molecule has 0 heterocycles. The van der Waals surface area contributed by atoms with E-state index in [1.165, 1.54) is 0 Å². The van der Waals surface area contributed by atoms with E-state index in [2.05, 4.69) is 0 Å². The van der Waals surface area contributed by atoms with Gasteiger partial charge in [-0.1, -0.05) is 42.8 Å². The molecule has 0 bridgehead atoms. The maximum absolute atomic E-state index is 12.7. The zero-order valence-corrected chi connectivity index (χ0v) is 12.9. The largest absolute Gasteiger partial charge is 0.393 e. The van der Waals surface area contributed by atoms with E-state index < -0.39 is 16.9 Å². The lowest BCUT2D eigenvalue weighted by molar-refractivity contribution is 0.168. The highest BCUT2D eigenvalue weighted by Crippen LogP contribution is 2.28. The van der Waals surface area contributed by atoms with Gasteiger partial charge in [-0.3, -0.25) is 0 Å². The van der Waals surface area contributed by atoms with Gasteiger partial charge in [0.25, 0.3) is 0 Å². The molecule has 0 aliphatic rings. The van der Waals surface area contributed by atoms with Gasteiger partial charge in [-0.05, 0) is 37.6 Å². The van der Waals surface area contributed by atoms with E-state index in [0.29, 0.717) is 0 Å². The number of hydrogen-bond donors (Lipinski definition) is 1. The Morgan fingerprint density at radius 1 is 1.00 bits per heavy atom. The van der Waals surface area contributed by atoms with Crippen LogP contribution < -0.4 is 0 Å². The first-order valence-corrected chi connectivity index (χ1v) is 7.91. The molecule has 20 heavy (non-hydrogen) atoms. The molecule has 2 aromatic rings. The molecule has 2 nitrogen and oxygen atoms in total. The van der Waals surface area contributed by atoms with Crippen LogP contribution in [0.4, 0.5) is 0 Å². The van der Waals surface area contributed by atoms with Crippen molar-refractivity contribution >= 4 is 10.8 Å². The lowest BCUT2D eigenvalue weighted by Gasteiger charge is -2.18. The van der Waals surface area contributed by atoms with Crippen molar-refractivity contribution in [2.75, 3.05) is 0 Å². The lowest BCUT2D eigenvalue weighted by atomic mass is 9.96. The van der Waals surface area contributed by atoms with E-state index >= 15 is 0 Å². The minimum absolute atomic E-state index is 0.0411. The third-order valence-electron chi connectivity index (χ3n) is 3.57. The molecule has 0 amide bonds. The van der Waals surface area contributed by atoms with Gasteiger partial charge in [0.05, 0.1) is 16.9 Å². The standard InChI is InChI=1S/C17H20O2S/c1-12-8-10-15(11-9-12)20(19)17-7-5-4-6-16(17)13(2)14(3)18/h4-11,13-14,18H,1-3H3/t13-,14-,20-/m0/s1. The van der Waals surface area contributed by atoms with Gasteiger partial charge in [0.1, 0.15) is 0 Å². The number of benzene rings is 2. The molecule has 0 saturated carbocycles. The average Bonchev–Trinajstić information content (AvgIpc) is 2.46. The molecule has 1 N–H and O–H groups in total. The van der Waals surface area contributed by atoms with Gasteiger partial charge in [0, 0.05) is 15.7 Å². The van der Waals surface area contributed by atoms with Crippen molar-refractivity contribution in [1.29, 1.82) is 0 Å². The van der Waals surface area contributed by atoms with Crippen LogP contribution in [-0.2, 0) is 10.8 Å². The van der Waals surface area contributed by atoms with Gasteiger partial charge >= 0.3 is 0 Å². The van der Waals surface area contributed by atoms with Crippen molar-refractivity contribution in [2.24, 2.45) is 0 Å². The first-order chi connectivity index (χ1) is 9.50. The van der Waals surface area contributed by atoms with Gasteiger partial charge < -0.3 is 5.11 Å². The Morgan fingerprint density at radius 3 is 2.20 bits per heavy atom. The molecule has 2 aromatic carbocycles. The monoisotopic (exact) mass is 288 g/mol. The SMILES string of the molecule is Cc1ccc([S@](=O)c2ccccc2[C@@H](C)[C@H](C)O)cc1. The summed E-state index contributed by atoms with van der Waals surface area (Å²) in [7, 11) is -1.21. The van der Waals surface area contributed by atoms with Crippen LogP contribution in [0.25, 0.3) is 0 Å². The molecule has 0 aliphatic carbocycles. The van der Waals surface area contributed by atoms with Crippen LogP contribution in [0.3, 0.4) is 0 Å². The molecule has 2 rings (SSSR count). The summed E-state index contributed by atoms with van der Waals surface area (Å²) >= 11 is 0. The van der Waals surface area contributed by atoms with E-state index in [9.17, 15) is 9.32 Å². The first kappa shape index (κ1) is 14.9. The fourth-order valence-electron chi connectivity index (χ4n) is 2.07. The second kappa shape index (κ2) is 6.33. The second-order valence-corrected chi connectivity index (χ2v) is 6.60. The molecule has 3 heteroatoms. The maximum atomic E-state index is 12.7. The highest BCUT2D eigenvalue weighted by Gasteiger charge is 2.19. The number of aliphatic hydroxyl groups excluding tert-OH is 1. The van der Waals surface area contributed by atoms with E-state index in [1.807, 2.05) is 62.4 Å². The second-order valence-electron chi connectivity index (χ2n) is 5.15. The van der Waals surface area contributed by atoms with Crippen LogP contribution in [-0.4, -0.2) is 15.4 Å². The number of rotatable bonds is 4. The summed E-state index contributed by atoms with van der Waals surface area (Å²) in [4.78, 5) is 1.57. The van der Waals surface area contributed by atoms with Crippen molar-refractivity contribution < 1.29 is 9.32 Å². The smallest absolute Gasteiger partial charge is 0.0852 e. The Balaban J connectivity index is 2.42. The van der Waals surface area contributed by atoms with Gasteiger partial charge in [-0.15, -0.1) is 0 Å². The molecule has 0 fully saturated rings. The predicted molar refractivity (Wildman–Crippen MR) is 82.4 cm³/mol. The average molecular weight is 288 g/mol. The van der Waals surface area contributed by atoms with Gasteiger partial charge in [-0.2, -0.15) is 0 Å². The zero-order valence-electron chi connectivity index (χ0n) is 12.0. The highest BCUT2D eigenvalue weighted by molar-refractivity contribution is 7.85. The van der Waals surface area contributed by atoms with Crippen LogP contribution >= 0.6 is 0 Å².